The van der Waals surface area contributed by atoms with Crippen molar-refractivity contribution in [1.29, 1.82) is 0 Å². The lowest BCUT2D eigenvalue weighted by Crippen LogP contribution is -2.13. The lowest BCUT2D eigenvalue weighted by Gasteiger charge is -2.10. The van der Waals surface area contributed by atoms with Gasteiger partial charge in [0, 0.05) is 16.7 Å². The molecular formula is C16H14N2O7. The Bertz CT molecular complexity index is 835. The highest BCUT2D eigenvalue weighted by Gasteiger charge is 2.25. The smallest absolute Gasteiger partial charge is 0.337 e. The molecule has 0 radical (unpaired) electrons. The van der Waals surface area contributed by atoms with Crippen LogP contribution in [0.25, 0.3) is 0 Å². The average molecular weight is 346 g/mol. The van der Waals surface area contributed by atoms with Gasteiger partial charge in [-0.05, 0) is 17.0 Å². The Morgan fingerprint density at radius 3 is 1.96 bits per heavy atom. The highest BCUT2D eigenvalue weighted by atomic mass is 16.5. The van der Waals surface area contributed by atoms with Crippen molar-refractivity contribution in [3.05, 3.63) is 64.9 Å². The van der Waals surface area contributed by atoms with Crippen LogP contribution in [0.5, 0.6) is 0 Å². The molecule has 0 aliphatic rings. The number of hydrogen-bond acceptors (Lipinski definition) is 6. The van der Waals surface area contributed by atoms with Gasteiger partial charge in [0.25, 0.3) is 5.69 Å². The predicted molar refractivity (Wildman–Crippen MR) is 83.5 cm³/mol. The van der Waals surface area contributed by atoms with Crippen molar-refractivity contribution in [2.45, 2.75) is 12.2 Å². The van der Waals surface area contributed by atoms with Gasteiger partial charge in [-0.15, -0.1) is 0 Å². The van der Waals surface area contributed by atoms with Crippen LogP contribution in [0.3, 0.4) is 0 Å². The first-order chi connectivity index (χ1) is 11.8. The van der Waals surface area contributed by atoms with E-state index >= 15 is 0 Å². The molecule has 0 aliphatic heterocycles. The van der Waals surface area contributed by atoms with Crippen molar-refractivity contribution in [1.82, 2.24) is 0 Å². The van der Waals surface area contributed by atoms with Gasteiger partial charge in [0.2, 0.25) is 0 Å². The largest absolute Gasteiger partial charge is 0.594 e. The topological polar surface area (TPSA) is 153 Å². The fraction of sp³-hybridized carbons (Fsp3) is 0.125. The van der Waals surface area contributed by atoms with Crippen molar-refractivity contribution in [3.63, 3.8) is 0 Å². The Labute approximate surface area is 141 Å². The number of azo groups is 1. The molecule has 0 spiro atoms. The van der Waals surface area contributed by atoms with Gasteiger partial charge in [-0.1, -0.05) is 30.3 Å². The molecule has 0 saturated heterocycles. The summed E-state index contributed by atoms with van der Waals surface area (Å²) in [5.74, 6) is -3.05. The Balaban J connectivity index is 2.51. The van der Waals surface area contributed by atoms with E-state index in [-0.39, 0.29) is 27.4 Å². The monoisotopic (exact) mass is 346 g/mol. The summed E-state index contributed by atoms with van der Waals surface area (Å²) in [6.07, 6.45) is -3.81. The third kappa shape index (κ3) is 3.97. The Morgan fingerprint density at radius 1 is 0.880 bits per heavy atom. The van der Waals surface area contributed by atoms with Gasteiger partial charge < -0.3 is 25.6 Å². The summed E-state index contributed by atoms with van der Waals surface area (Å²) < 4.78 is 0. The molecule has 9 nitrogen and oxygen atoms in total. The molecule has 2 aromatic carbocycles. The normalized spacial score (nSPS) is 13.9. The first kappa shape index (κ1) is 18.0. The molecule has 0 saturated carbocycles. The van der Waals surface area contributed by atoms with E-state index in [2.05, 4.69) is 5.11 Å². The maximum Gasteiger partial charge on any atom is 0.337 e. The first-order valence-electron chi connectivity index (χ1n) is 7.01. The fourth-order valence-electron chi connectivity index (χ4n) is 2.12. The molecule has 4 N–H and O–H groups in total. The van der Waals surface area contributed by atoms with Crippen molar-refractivity contribution in [3.8, 4) is 0 Å². The second kappa shape index (κ2) is 7.51. The fourth-order valence-corrected chi connectivity index (χ4v) is 2.12. The van der Waals surface area contributed by atoms with Crippen molar-refractivity contribution >= 4 is 23.3 Å². The van der Waals surface area contributed by atoms with E-state index in [0.717, 1.165) is 0 Å². The van der Waals surface area contributed by atoms with Crippen LogP contribution in [0, 0.1) is 5.21 Å². The van der Waals surface area contributed by atoms with Gasteiger partial charge in [-0.25, -0.2) is 9.59 Å². The minimum atomic E-state index is -1.93. The van der Waals surface area contributed by atoms with Crippen molar-refractivity contribution < 1.29 is 34.9 Å². The minimum Gasteiger partial charge on any atom is -0.594 e. The number of aliphatic hydroxyl groups excluding tert-OH is 2. The number of para-hydroxylation sites is 1. The molecule has 25 heavy (non-hydrogen) atoms. The van der Waals surface area contributed by atoms with E-state index in [1.807, 2.05) is 0 Å². The lowest BCUT2D eigenvalue weighted by molar-refractivity contribution is -0.436. The highest BCUT2D eigenvalue weighted by Crippen LogP contribution is 2.30. The zero-order valence-electron chi connectivity index (χ0n) is 12.7. The number of carboxylic acids is 2. The Hall–Kier alpha value is -3.30. The number of nitrogens with zero attached hydrogens (tertiary/aromatic N) is 2. The molecular weight excluding hydrogens is 332 g/mol. The molecule has 2 aromatic rings. The number of carbonyl (C=O) groups is 2. The van der Waals surface area contributed by atoms with Crippen LogP contribution in [-0.4, -0.2) is 37.2 Å². The summed E-state index contributed by atoms with van der Waals surface area (Å²) in [4.78, 5) is 22.0. The van der Waals surface area contributed by atoms with Crippen molar-refractivity contribution in [2.24, 2.45) is 5.11 Å². The summed E-state index contributed by atoms with van der Waals surface area (Å²) >= 11 is 0. The predicted octanol–water partition coefficient (Wildman–Crippen LogP) is 1.85. The van der Waals surface area contributed by atoms with Crippen LogP contribution in [0.1, 0.15) is 23.3 Å². The van der Waals surface area contributed by atoms with E-state index < -0.39 is 24.1 Å². The van der Waals surface area contributed by atoms with E-state index in [1.165, 1.54) is 48.5 Å². The molecule has 130 valence electrons. The molecule has 0 aromatic heterocycles. The van der Waals surface area contributed by atoms with Crippen LogP contribution in [-0.2, 0) is 9.59 Å². The number of hydrogen-bond donors (Lipinski definition) is 4. The van der Waals surface area contributed by atoms with Gasteiger partial charge >= 0.3 is 11.9 Å². The molecule has 0 heterocycles. The zero-order chi connectivity index (χ0) is 18.6. The van der Waals surface area contributed by atoms with Gasteiger partial charge in [0.05, 0.1) is 5.56 Å². The summed E-state index contributed by atoms with van der Waals surface area (Å²) in [5.41, 5.74) is -0.610. The van der Waals surface area contributed by atoms with Crippen LogP contribution in [0.15, 0.2) is 53.6 Å². The third-order valence-corrected chi connectivity index (χ3v) is 3.34. The standard InChI is InChI=1S/C16H14N2O7/c19-13(15(21)22)9-5-1-3-7-11(9)17-18(25)12-8-4-2-6-10(12)14(20)16(23)24/h1-8,13-14,19-20H,(H,21,22)(H,23,24). The quantitative estimate of drug-likeness (QED) is 0.353. The van der Waals surface area contributed by atoms with Crippen LogP contribution >= 0.6 is 0 Å². The Kier molecular flexibility index (Phi) is 5.42. The summed E-state index contributed by atoms with van der Waals surface area (Å²) in [7, 11) is 0. The second-order valence-electron chi connectivity index (χ2n) is 4.97. The molecule has 0 amide bonds. The molecule has 0 bridgehead atoms. The molecule has 0 fully saturated rings. The van der Waals surface area contributed by atoms with Gasteiger partial charge in [-0.3, -0.25) is 0 Å². The van der Waals surface area contributed by atoms with E-state index in [4.69, 9.17) is 10.2 Å². The molecule has 2 atom stereocenters. The Morgan fingerprint density at radius 2 is 1.36 bits per heavy atom. The second-order valence-corrected chi connectivity index (χ2v) is 4.97. The number of carboxylic acid groups (broad SMARTS) is 2. The molecule has 2 rings (SSSR count). The first-order valence-corrected chi connectivity index (χ1v) is 7.01. The highest BCUT2D eigenvalue weighted by molar-refractivity contribution is 5.76. The van der Waals surface area contributed by atoms with Crippen LogP contribution in [0.4, 0.5) is 11.4 Å². The summed E-state index contributed by atoms with van der Waals surface area (Å²) in [6.45, 7) is 0. The zero-order valence-corrected chi connectivity index (χ0v) is 12.7. The van der Waals surface area contributed by atoms with Crippen molar-refractivity contribution in [2.75, 3.05) is 0 Å². The van der Waals surface area contributed by atoms with Gasteiger partial charge in [-0.2, -0.15) is 0 Å². The number of rotatable bonds is 6. The lowest BCUT2D eigenvalue weighted by atomic mass is 10.1. The SMILES string of the molecule is O=C(O)C(O)c1ccccc1N=[N+]([O-])c1ccccc1C(O)C(=O)O. The molecule has 0 aliphatic carbocycles. The van der Waals surface area contributed by atoms with E-state index in [0.29, 0.717) is 0 Å². The average Bonchev–Trinajstić information content (AvgIpc) is 2.60. The van der Waals surface area contributed by atoms with Gasteiger partial charge in [0.15, 0.2) is 12.2 Å². The van der Waals surface area contributed by atoms with Gasteiger partial charge in [0.1, 0.15) is 5.69 Å². The maximum absolute atomic E-state index is 12.3. The summed E-state index contributed by atoms with van der Waals surface area (Å²) in [5, 5.41) is 53.2. The van der Waals surface area contributed by atoms with Crippen LogP contribution in [0.2, 0.25) is 0 Å². The molecule has 2 unspecified atom stereocenters. The third-order valence-electron chi connectivity index (χ3n) is 3.34. The number of aliphatic hydroxyl groups is 2. The van der Waals surface area contributed by atoms with Crippen LogP contribution < -0.4 is 0 Å². The number of benzene rings is 2. The van der Waals surface area contributed by atoms with E-state index in [9.17, 15) is 25.0 Å². The summed E-state index contributed by atoms with van der Waals surface area (Å²) in [6, 6.07) is 11.0. The van der Waals surface area contributed by atoms with E-state index in [1.54, 1.807) is 0 Å². The number of aliphatic carboxylic acids is 2. The maximum atomic E-state index is 12.3. The minimum absolute atomic E-state index is 0.0644. The molecule has 9 heteroatoms.